The Morgan fingerprint density at radius 1 is 1.12 bits per heavy atom. The van der Waals surface area contributed by atoms with Crippen LogP contribution in [0.3, 0.4) is 0 Å². The Hall–Kier alpha value is -2.73. The van der Waals surface area contributed by atoms with Crippen LogP contribution in [0, 0.1) is 0 Å². The van der Waals surface area contributed by atoms with Gasteiger partial charge >= 0.3 is 5.95 Å². The number of rotatable bonds is 6. The highest BCUT2D eigenvalue weighted by atomic mass is 16.5. The molecule has 0 saturated carbocycles. The first kappa shape index (κ1) is 16.1. The molecule has 1 aromatic heterocycles. The van der Waals surface area contributed by atoms with E-state index in [-0.39, 0.29) is 6.61 Å². The second-order valence-electron chi connectivity index (χ2n) is 5.66. The van der Waals surface area contributed by atoms with Gasteiger partial charge in [-0.25, -0.2) is 9.13 Å². The number of fused-ring (bicyclic) bond motifs is 1. The van der Waals surface area contributed by atoms with Gasteiger partial charge in [-0.3, -0.25) is 5.73 Å². The molecule has 3 aromatic rings. The maximum Gasteiger partial charge on any atom is 0.355 e. The molecule has 1 atom stereocenters. The van der Waals surface area contributed by atoms with E-state index in [0.29, 0.717) is 18.2 Å². The molecule has 126 valence electrons. The Bertz CT molecular complexity index is 827. The van der Waals surface area contributed by atoms with Crippen molar-refractivity contribution in [3.05, 3.63) is 48.5 Å². The second kappa shape index (κ2) is 6.80. The molecule has 0 bridgehead atoms. The van der Waals surface area contributed by atoms with Crippen LogP contribution >= 0.6 is 0 Å². The standard InChI is InChI=1S/C18H21N3O3/c1-20-16-5-3-4-6-17(16)21(18(20)19)11-13(22)12-24-15-9-7-14(23-2)8-10-15/h3-10,13,19,22H,11-12H2,1-2H3/p+1/t13-/m0/s1. The van der Waals surface area contributed by atoms with Gasteiger partial charge in [0.1, 0.15) is 41.8 Å². The van der Waals surface area contributed by atoms with Crippen molar-refractivity contribution in [1.29, 1.82) is 0 Å². The lowest BCUT2D eigenvalue weighted by Crippen LogP contribution is -2.32. The Kier molecular flexibility index (Phi) is 4.57. The molecule has 6 nitrogen and oxygen atoms in total. The van der Waals surface area contributed by atoms with Crippen LogP contribution in [-0.2, 0) is 13.6 Å². The average Bonchev–Trinajstić information content (AvgIpc) is 2.86. The summed E-state index contributed by atoms with van der Waals surface area (Å²) in [5.41, 5.74) is 8.18. The van der Waals surface area contributed by atoms with Gasteiger partial charge in [0, 0.05) is 0 Å². The first-order valence-electron chi connectivity index (χ1n) is 7.78. The minimum atomic E-state index is -0.676. The molecule has 0 aliphatic carbocycles. The van der Waals surface area contributed by atoms with E-state index in [0.717, 1.165) is 16.8 Å². The summed E-state index contributed by atoms with van der Waals surface area (Å²) < 4.78 is 14.5. The molecule has 3 rings (SSSR count). The fourth-order valence-corrected chi connectivity index (χ4v) is 2.72. The van der Waals surface area contributed by atoms with Crippen molar-refractivity contribution in [1.82, 2.24) is 4.57 Å². The van der Waals surface area contributed by atoms with Gasteiger partial charge in [0.25, 0.3) is 0 Å². The van der Waals surface area contributed by atoms with Gasteiger partial charge in [-0.1, -0.05) is 12.1 Å². The van der Waals surface area contributed by atoms with E-state index in [9.17, 15) is 5.11 Å². The summed E-state index contributed by atoms with van der Waals surface area (Å²) >= 11 is 0. The maximum atomic E-state index is 10.3. The number of aliphatic hydroxyl groups is 1. The minimum absolute atomic E-state index is 0.183. The molecule has 6 heteroatoms. The Labute approximate surface area is 140 Å². The lowest BCUT2D eigenvalue weighted by molar-refractivity contribution is -0.630. The van der Waals surface area contributed by atoms with Gasteiger partial charge in [-0.2, -0.15) is 0 Å². The van der Waals surface area contributed by atoms with Crippen LogP contribution in [0.15, 0.2) is 48.5 Å². The van der Waals surface area contributed by atoms with E-state index in [4.69, 9.17) is 15.2 Å². The largest absolute Gasteiger partial charge is 0.497 e. The zero-order valence-corrected chi connectivity index (χ0v) is 13.8. The second-order valence-corrected chi connectivity index (χ2v) is 5.66. The number of methoxy groups -OCH3 is 1. The van der Waals surface area contributed by atoms with Gasteiger partial charge in [-0.15, -0.1) is 0 Å². The summed E-state index contributed by atoms with van der Waals surface area (Å²) in [7, 11) is 3.53. The Balaban J connectivity index is 1.68. The van der Waals surface area contributed by atoms with Gasteiger partial charge in [0.15, 0.2) is 0 Å². The third-order valence-electron chi connectivity index (χ3n) is 4.05. The van der Waals surface area contributed by atoms with Gasteiger partial charge in [-0.05, 0) is 36.4 Å². The molecule has 0 amide bonds. The number of nitrogen functional groups attached to an aromatic ring is 1. The SMILES string of the molecule is COc1ccc(OC[C@@H](O)Cn2c(N)[n+](C)c3ccccc32)cc1. The molecular weight excluding hydrogens is 306 g/mol. The number of para-hydroxylation sites is 2. The molecule has 0 saturated heterocycles. The lowest BCUT2D eigenvalue weighted by atomic mass is 10.3. The number of aromatic nitrogens is 2. The molecule has 3 N–H and O–H groups in total. The van der Waals surface area contributed by atoms with Crippen LogP contribution in [0.5, 0.6) is 11.5 Å². The third kappa shape index (κ3) is 3.14. The smallest absolute Gasteiger partial charge is 0.355 e. The highest BCUT2D eigenvalue weighted by molar-refractivity contribution is 5.73. The Morgan fingerprint density at radius 3 is 2.50 bits per heavy atom. The summed E-state index contributed by atoms with van der Waals surface area (Å²) in [5, 5.41) is 10.3. The first-order valence-corrected chi connectivity index (χ1v) is 7.78. The molecule has 0 aliphatic rings. The van der Waals surface area contributed by atoms with Crippen molar-refractivity contribution in [3.63, 3.8) is 0 Å². The normalized spacial score (nSPS) is 12.3. The number of nitrogens with two attached hydrogens (primary N) is 1. The fraction of sp³-hybridized carbons (Fsp3) is 0.278. The van der Waals surface area contributed by atoms with E-state index in [1.807, 2.05) is 64.7 Å². The third-order valence-corrected chi connectivity index (χ3v) is 4.05. The number of benzene rings is 2. The number of ether oxygens (including phenoxy) is 2. The number of aryl methyl sites for hydroxylation is 1. The van der Waals surface area contributed by atoms with E-state index in [1.54, 1.807) is 7.11 Å². The number of anilines is 1. The van der Waals surface area contributed by atoms with Crippen molar-refractivity contribution >= 4 is 17.0 Å². The van der Waals surface area contributed by atoms with Gasteiger partial charge in [0.05, 0.1) is 14.2 Å². The monoisotopic (exact) mass is 328 g/mol. The molecular formula is C18H22N3O3+. The number of hydrogen-bond donors (Lipinski definition) is 2. The van der Waals surface area contributed by atoms with Crippen LogP contribution in [-0.4, -0.2) is 29.5 Å². The number of nitrogens with zero attached hydrogens (tertiary/aromatic N) is 2. The van der Waals surface area contributed by atoms with E-state index in [1.165, 1.54) is 0 Å². The van der Waals surface area contributed by atoms with Crippen molar-refractivity contribution in [3.8, 4) is 11.5 Å². The van der Waals surface area contributed by atoms with Crippen molar-refractivity contribution in [2.24, 2.45) is 7.05 Å². The van der Waals surface area contributed by atoms with Crippen LogP contribution in [0.25, 0.3) is 11.0 Å². The summed E-state index contributed by atoms with van der Waals surface area (Å²) in [4.78, 5) is 0. The predicted octanol–water partition coefficient (Wildman–Crippen LogP) is 1.50. The average molecular weight is 328 g/mol. The number of imidazole rings is 1. The van der Waals surface area contributed by atoms with E-state index >= 15 is 0 Å². The summed E-state index contributed by atoms with van der Waals surface area (Å²) in [5.74, 6) is 2.05. The van der Waals surface area contributed by atoms with Crippen LogP contribution < -0.4 is 19.8 Å². The number of aliphatic hydroxyl groups excluding tert-OH is 1. The summed E-state index contributed by atoms with van der Waals surface area (Å²) in [6.45, 7) is 0.547. The van der Waals surface area contributed by atoms with Crippen molar-refractivity contribution in [2.45, 2.75) is 12.6 Å². The predicted molar refractivity (Wildman–Crippen MR) is 92.0 cm³/mol. The van der Waals surface area contributed by atoms with E-state index in [2.05, 4.69) is 0 Å². The van der Waals surface area contributed by atoms with E-state index < -0.39 is 6.10 Å². The minimum Gasteiger partial charge on any atom is -0.497 e. The van der Waals surface area contributed by atoms with Crippen LogP contribution in [0.4, 0.5) is 5.95 Å². The first-order chi connectivity index (χ1) is 11.6. The topological polar surface area (TPSA) is 73.5 Å². The highest BCUT2D eigenvalue weighted by Gasteiger charge is 2.20. The van der Waals surface area contributed by atoms with Crippen molar-refractivity contribution in [2.75, 3.05) is 19.5 Å². The van der Waals surface area contributed by atoms with Crippen molar-refractivity contribution < 1.29 is 19.1 Å². The zero-order valence-electron chi connectivity index (χ0n) is 13.8. The van der Waals surface area contributed by atoms with Gasteiger partial charge < -0.3 is 14.6 Å². The van der Waals surface area contributed by atoms with Crippen LogP contribution in [0.2, 0.25) is 0 Å². The molecule has 0 fully saturated rings. The molecule has 24 heavy (non-hydrogen) atoms. The van der Waals surface area contributed by atoms with Crippen LogP contribution in [0.1, 0.15) is 0 Å². The number of hydrogen-bond acceptors (Lipinski definition) is 4. The molecule has 2 aromatic carbocycles. The fourth-order valence-electron chi connectivity index (χ4n) is 2.72. The maximum absolute atomic E-state index is 10.3. The zero-order chi connectivity index (χ0) is 17.1. The quantitative estimate of drug-likeness (QED) is 0.673. The lowest BCUT2D eigenvalue weighted by Gasteiger charge is -2.12. The molecule has 0 aliphatic heterocycles. The highest BCUT2D eigenvalue weighted by Crippen LogP contribution is 2.18. The molecule has 0 radical (unpaired) electrons. The Morgan fingerprint density at radius 2 is 1.79 bits per heavy atom. The van der Waals surface area contributed by atoms with Gasteiger partial charge in [0.2, 0.25) is 0 Å². The summed E-state index contributed by atoms with van der Waals surface area (Å²) in [6, 6.07) is 15.2. The molecule has 1 heterocycles. The summed E-state index contributed by atoms with van der Waals surface area (Å²) in [6.07, 6.45) is -0.676. The molecule has 0 unspecified atom stereocenters. The molecule has 0 spiro atoms.